The largest absolute Gasteiger partial charge is 0.481 e. The van der Waals surface area contributed by atoms with E-state index in [0.717, 1.165) is 75.0 Å². The van der Waals surface area contributed by atoms with Crippen LogP contribution in [-0.4, -0.2) is 108 Å². The number of aliphatic hydroxyl groups excluding tert-OH is 4. The molecule has 2 rings (SSSR count). The van der Waals surface area contributed by atoms with Crippen LogP contribution in [0.3, 0.4) is 0 Å². The molecule has 0 bridgehead atoms. The van der Waals surface area contributed by atoms with Crippen molar-refractivity contribution in [1.29, 1.82) is 0 Å². The highest BCUT2D eigenvalue weighted by molar-refractivity contribution is 7.61. The molecule has 3 unspecified atom stereocenters. The molecular weight excluding hydrogens is 916 g/mol. The molecule has 1 aromatic rings. The molecule has 1 aliphatic rings. The number of phosphoric acid groups is 2. The number of nitrogen functional groups attached to an aromatic ring is 1. The SMILES string of the molecule is CCCCC[C@H](O)/C=C/C=C\C/C=C\C=C\[C@H](O)CCCC(=O)OC[C@H](COP(=O)(O)OP(=O)(O)OC[C@H]1O[C@@H](n2ccc(N)nc2=O)[C@H](O)[C@@H]1O)OC(=O)CCCCCCCCC(C)CC. The Morgan fingerprint density at radius 2 is 1.42 bits per heavy atom. The van der Waals surface area contributed by atoms with Crippen molar-refractivity contribution >= 4 is 33.4 Å². The highest BCUT2D eigenvalue weighted by Crippen LogP contribution is 2.60. The lowest BCUT2D eigenvalue weighted by Crippen LogP contribution is -2.36. The second-order valence-corrected chi connectivity index (χ2v) is 19.6. The van der Waals surface area contributed by atoms with Crippen molar-refractivity contribution in [2.24, 2.45) is 5.92 Å². The first kappa shape index (κ1) is 59.8. The lowest BCUT2D eigenvalue weighted by atomic mass is 10.00. The van der Waals surface area contributed by atoms with Gasteiger partial charge in [0.15, 0.2) is 12.3 Å². The Morgan fingerprint density at radius 3 is 2.06 bits per heavy atom. The van der Waals surface area contributed by atoms with Gasteiger partial charge < -0.3 is 50.2 Å². The van der Waals surface area contributed by atoms with Crippen LogP contribution in [0.25, 0.3) is 0 Å². The third-order valence-electron chi connectivity index (χ3n) is 10.7. The summed E-state index contributed by atoms with van der Waals surface area (Å²) in [5.41, 5.74) is 4.55. The third-order valence-corrected chi connectivity index (χ3v) is 13.3. The van der Waals surface area contributed by atoms with Crippen LogP contribution in [0.1, 0.15) is 136 Å². The Bertz CT molecular complexity index is 1860. The van der Waals surface area contributed by atoms with Gasteiger partial charge >= 0.3 is 33.3 Å². The summed E-state index contributed by atoms with van der Waals surface area (Å²) in [6.07, 6.45) is 18.8. The molecule has 0 spiro atoms. The molecule has 0 radical (unpaired) electrons. The minimum absolute atomic E-state index is 0.00267. The van der Waals surface area contributed by atoms with E-state index in [2.05, 4.69) is 30.1 Å². The number of carbonyl (C=O) groups excluding carboxylic acids is 2. The minimum Gasteiger partial charge on any atom is -0.462 e. The van der Waals surface area contributed by atoms with Crippen molar-refractivity contribution in [2.45, 2.75) is 173 Å². The molecule has 382 valence electrons. The van der Waals surface area contributed by atoms with Crippen LogP contribution in [0.2, 0.25) is 0 Å². The number of nitrogens with two attached hydrogens (primary N) is 1. The summed E-state index contributed by atoms with van der Waals surface area (Å²) >= 11 is 0. The standard InChI is InChI=1S/C45H75N3O17P2/c1-4-6-16-23-35(49)24-18-13-8-7-9-14-19-25-36(50)26-21-28-40(51)60-31-37(63-41(52)27-20-15-11-10-12-17-22-34(3)5-2)32-61-66(56,57)65-67(58,59)62-33-38-42(53)43(54)44(64-38)48-30-29-39(46)47-45(48)55/h8-9,13-14,18-19,24-25,29-30,34-38,42-44,49-50,53-54H,4-7,10-12,15-17,20-23,26-28,31-33H2,1-3H3,(H,56,57)(H,58,59)(H2,46,47,55)/b13-8-,14-9-,24-18+,25-19+/t34?,35-,36-,37+,38+,42+,43+,44+/m0/s1. The predicted molar refractivity (Wildman–Crippen MR) is 250 cm³/mol. The number of nitrogens with zero attached hydrogens (tertiary/aromatic N) is 2. The van der Waals surface area contributed by atoms with Gasteiger partial charge in [-0.05, 0) is 44.1 Å². The smallest absolute Gasteiger partial charge is 0.462 e. The van der Waals surface area contributed by atoms with Gasteiger partial charge in [-0.2, -0.15) is 9.29 Å². The second-order valence-electron chi connectivity index (χ2n) is 16.6. The first-order valence-electron chi connectivity index (χ1n) is 23.3. The lowest BCUT2D eigenvalue weighted by molar-refractivity contribution is -0.161. The zero-order valence-corrected chi connectivity index (χ0v) is 40.9. The number of esters is 2. The fraction of sp³-hybridized carbons (Fsp3) is 0.689. The van der Waals surface area contributed by atoms with E-state index in [1.807, 2.05) is 24.3 Å². The number of unbranched alkanes of at least 4 members (excludes halogenated alkanes) is 7. The number of rotatable bonds is 36. The summed E-state index contributed by atoms with van der Waals surface area (Å²) in [4.78, 5) is 61.7. The molecule has 2 heterocycles. The summed E-state index contributed by atoms with van der Waals surface area (Å²) in [5, 5.41) is 41.1. The molecule has 67 heavy (non-hydrogen) atoms. The topological polar surface area (TPSA) is 306 Å². The molecule has 0 saturated carbocycles. The van der Waals surface area contributed by atoms with E-state index in [-0.39, 0.29) is 31.5 Å². The van der Waals surface area contributed by atoms with Gasteiger partial charge in [0.2, 0.25) is 0 Å². The van der Waals surface area contributed by atoms with Crippen molar-refractivity contribution in [3.8, 4) is 0 Å². The summed E-state index contributed by atoms with van der Waals surface area (Å²) in [6, 6.07) is 1.23. The zero-order valence-electron chi connectivity index (χ0n) is 39.1. The van der Waals surface area contributed by atoms with Gasteiger partial charge in [-0.25, -0.2) is 13.9 Å². The molecule has 1 aromatic heterocycles. The van der Waals surface area contributed by atoms with Crippen LogP contribution in [0.4, 0.5) is 5.82 Å². The molecule has 1 aliphatic heterocycles. The molecule has 10 atom stereocenters. The van der Waals surface area contributed by atoms with E-state index in [9.17, 15) is 53.7 Å². The van der Waals surface area contributed by atoms with Crippen LogP contribution >= 0.6 is 15.6 Å². The Hall–Kier alpha value is -3.36. The molecule has 1 fully saturated rings. The number of phosphoric ester groups is 2. The van der Waals surface area contributed by atoms with E-state index in [0.29, 0.717) is 18.8 Å². The molecule has 8 N–H and O–H groups in total. The molecule has 0 aliphatic carbocycles. The maximum Gasteiger partial charge on any atom is 0.481 e. The Morgan fingerprint density at radius 1 is 0.821 bits per heavy atom. The van der Waals surface area contributed by atoms with Crippen molar-refractivity contribution in [2.75, 3.05) is 25.6 Å². The van der Waals surface area contributed by atoms with Crippen LogP contribution in [0.5, 0.6) is 0 Å². The molecule has 1 saturated heterocycles. The van der Waals surface area contributed by atoms with E-state index < -0.39 is 95.9 Å². The fourth-order valence-electron chi connectivity index (χ4n) is 6.56. The maximum absolute atomic E-state index is 12.8. The Labute approximate surface area is 394 Å². The number of aliphatic hydroxyl groups is 4. The molecule has 22 heteroatoms. The zero-order chi connectivity index (χ0) is 49.7. The summed E-state index contributed by atoms with van der Waals surface area (Å²) in [6.45, 7) is 4.01. The average Bonchev–Trinajstić information content (AvgIpc) is 3.55. The van der Waals surface area contributed by atoms with E-state index >= 15 is 0 Å². The van der Waals surface area contributed by atoms with Gasteiger partial charge in [0.05, 0.1) is 25.4 Å². The number of ether oxygens (including phenoxy) is 3. The Kier molecular flexibility index (Phi) is 29.6. The van der Waals surface area contributed by atoms with Crippen molar-refractivity contribution < 1.29 is 76.5 Å². The van der Waals surface area contributed by atoms with Crippen molar-refractivity contribution in [1.82, 2.24) is 9.55 Å². The normalized spacial score (nSPS) is 21.4. The molecule has 0 amide bonds. The van der Waals surface area contributed by atoms with Crippen molar-refractivity contribution in [3.05, 3.63) is 71.4 Å². The monoisotopic (exact) mass is 991 g/mol. The second kappa shape index (κ2) is 33.2. The number of aromatic nitrogens is 2. The number of hydrogen-bond acceptors (Lipinski definition) is 17. The molecule has 0 aromatic carbocycles. The van der Waals surface area contributed by atoms with Gasteiger partial charge in [-0.15, -0.1) is 0 Å². The van der Waals surface area contributed by atoms with Gasteiger partial charge in [-0.3, -0.25) is 23.2 Å². The van der Waals surface area contributed by atoms with Gasteiger partial charge in [0, 0.05) is 19.0 Å². The maximum atomic E-state index is 12.8. The summed E-state index contributed by atoms with van der Waals surface area (Å²) in [7, 11) is -10.9. The van der Waals surface area contributed by atoms with Crippen LogP contribution in [0, 0.1) is 5.92 Å². The molecule has 20 nitrogen and oxygen atoms in total. The summed E-state index contributed by atoms with van der Waals surface area (Å²) < 4.78 is 56.4. The van der Waals surface area contributed by atoms with Crippen LogP contribution in [0.15, 0.2) is 65.7 Å². The van der Waals surface area contributed by atoms with E-state index in [1.54, 1.807) is 24.3 Å². The highest BCUT2D eigenvalue weighted by atomic mass is 31.3. The van der Waals surface area contributed by atoms with E-state index in [1.165, 1.54) is 12.5 Å². The minimum atomic E-state index is -5.47. The lowest BCUT2D eigenvalue weighted by Gasteiger charge is -2.21. The fourth-order valence-corrected chi connectivity index (χ4v) is 8.67. The Balaban J connectivity index is 1.88. The molecular formula is C45H75N3O17P2. The highest BCUT2D eigenvalue weighted by Gasteiger charge is 2.46. The van der Waals surface area contributed by atoms with Gasteiger partial charge in [-0.1, -0.05) is 134 Å². The van der Waals surface area contributed by atoms with Gasteiger partial charge in [0.1, 0.15) is 30.7 Å². The quantitative estimate of drug-likeness (QED) is 0.0165. The van der Waals surface area contributed by atoms with Crippen molar-refractivity contribution in [3.63, 3.8) is 0 Å². The summed E-state index contributed by atoms with van der Waals surface area (Å²) in [5.74, 6) is -0.857. The van der Waals surface area contributed by atoms with Crippen LogP contribution in [-0.2, 0) is 46.3 Å². The average molecular weight is 992 g/mol. The first-order chi connectivity index (χ1) is 31.9. The first-order valence-corrected chi connectivity index (χ1v) is 26.3. The number of anilines is 1. The van der Waals surface area contributed by atoms with Crippen LogP contribution < -0.4 is 11.4 Å². The number of hydrogen-bond donors (Lipinski definition) is 7. The van der Waals surface area contributed by atoms with E-state index in [4.69, 9.17) is 29.0 Å². The predicted octanol–water partition coefficient (Wildman–Crippen LogP) is 6.40. The number of carbonyl (C=O) groups is 2. The third kappa shape index (κ3) is 26.8. The number of allylic oxidation sites excluding steroid dienone is 6. The van der Waals surface area contributed by atoms with Gasteiger partial charge in [0.25, 0.3) is 0 Å².